The predicted molar refractivity (Wildman–Crippen MR) is 73.8 cm³/mol. The number of nitrogens with two attached hydrogens (primary N) is 1. The zero-order chi connectivity index (χ0) is 13.3. The van der Waals surface area contributed by atoms with Crippen LogP contribution in [0.15, 0.2) is 0 Å². The molecule has 18 heavy (non-hydrogen) atoms. The van der Waals surface area contributed by atoms with Crippen molar-refractivity contribution in [2.45, 2.75) is 51.7 Å². The van der Waals surface area contributed by atoms with Crippen LogP contribution in [-0.2, 0) is 11.8 Å². The van der Waals surface area contributed by atoms with Crippen molar-refractivity contribution >= 4 is 11.5 Å². The highest BCUT2D eigenvalue weighted by atomic mass is 16.5. The molecule has 0 amide bonds. The van der Waals surface area contributed by atoms with Gasteiger partial charge in [0, 0.05) is 19.7 Å². The maximum absolute atomic E-state index is 6.15. The van der Waals surface area contributed by atoms with Gasteiger partial charge in [0.1, 0.15) is 5.82 Å². The van der Waals surface area contributed by atoms with Crippen molar-refractivity contribution in [2.24, 2.45) is 7.05 Å². The van der Waals surface area contributed by atoms with E-state index >= 15 is 0 Å². The first-order chi connectivity index (χ1) is 8.52. The summed E-state index contributed by atoms with van der Waals surface area (Å²) in [6.45, 7) is 7.05. The molecule has 1 aromatic rings. The average Bonchev–Trinajstić information content (AvgIpc) is 2.53. The van der Waals surface area contributed by atoms with E-state index in [0.717, 1.165) is 36.6 Å². The zero-order valence-electron chi connectivity index (χ0n) is 11.7. The predicted octanol–water partition coefficient (Wildman–Crippen LogP) is 2.11. The maximum Gasteiger partial charge on any atom is 0.148 e. The summed E-state index contributed by atoms with van der Waals surface area (Å²) in [6, 6.07) is 0.458. The van der Waals surface area contributed by atoms with Gasteiger partial charge in [-0.1, -0.05) is 13.8 Å². The molecular formula is C13H24N4O. The second kappa shape index (κ2) is 5.18. The van der Waals surface area contributed by atoms with Gasteiger partial charge < -0.3 is 15.8 Å². The molecule has 102 valence electrons. The van der Waals surface area contributed by atoms with E-state index in [1.807, 2.05) is 18.7 Å². The number of nitrogen functional groups attached to an aromatic ring is 1. The summed E-state index contributed by atoms with van der Waals surface area (Å²) in [5.74, 6) is 1.29. The SMILES string of the molecule is CCOC1CC(Nc2c(N)c(C(C)C)nn2C)C1. The smallest absolute Gasteiger partial charge is 0.148 e. The largest absolute Gasteiger partial charge is 0.394 e. The van der Waals surface area contributed by atoms with Crippen LogP contribution in [0, 0.1) is 0 Å². The fourth-order valence-electron chi connectivity index (χ4n) is 2.41. The molecule has 5 heteroatoms. The molecule has 0 radical (unpaired) electrons. The number of aromatic nitrogens is 2. The van der Waals surface area contributed by atoms with Gasteiger partial charge in [0.2, 0.25) is 0 Å². The molecular weight excluding hydrogens is 228 g/mol. The van der Waals surface area contributed by atoms with E-state index in [2.05, 4.69) is 24.3 Å². The lowest BCUT2D eigenvalue weighted by Gasteiger charge is -2.36. The molecule has 1 saturated carbocycles. The molecule has 1 heterocycles. The summed E-state index contributed by atoms with van der Waals surface area (Å²) >= 11 is 0. The minimum Gasteiger partial charge on any atom is -0.394 e. The van der Waals surface area contributed by atoms with Crippen molar-refractivity contribution in [1.82, 2.24) is 9.78 Å². The summed E-state index contributed by atoms with van der Waals surface area (Å²) in [7, 11) is 1.93. The van der Waals surface area contributed by atoms with Gasteiger partial charge >= 0.3 is 0 Å². The fourth-order valence-corrected chi connectivity index (χ4v) is 2.41. The molecule has 1 fully saturated rings. The molecule has 0 spiro atoms. The number of hydrogen-bond donors (Lipinski definition) is 2. The Morgan fingerprint density at radius 1 is 1.50 bits per heavy atom. The third kappa shape index (κ3) is 2.46. The van der Waals surface area contributed by atoms with Crippen LogP contribution in [0.4, 0.5) is 11.5 Å². The third-order valence-corrected chi connectivity index (χ3v) is 3.50. The Hall–Kier alpha value is -1.23. The number of hydrogen-bond acceptors (Lipinski definition) is 4. The summed E-state index contributed by atoms with van der Waals surface area (Å²) in [5, 5.41) is 7.95. The Morgan fingerprint density at radius 3 is 2.67 bits per heavy atom. The van der Waals surface area contributed by atoms with Crippen molar-refractivity contribution < 1.29 is 4.74 Å². The molecule has 0 atom stereocenters. The van der Waals surface area contributed by atoms with E-state index in [0.29, 0.717) is 18.1 Å². The molecule has 0 bridgehead atoms. The van der Waals surface area contributed by atoms with Crippen LogP contribution in [0.2, 0.25) is 0 Å². The van der Waals surface area contributed by atoms with E-state index < -0.39 is 0 Å². The number of rotatable bonds is 5. The quantitative estimate of drug-likeness (QED) is 0.842. The maximum atomic E-state index is 6.15. The average molecular weight is 252 g/mol. The molecule has 1 aromatic heterocycles. The second-order valence-electron chi connectivity index (χ2n) is 5.32. The normalized spacial score (nSPS) is 23.2. The van der Waals surface area contributed by atoms with Crippen LogP contribution >= 0.6 is 0 Å². The molecule has 0 unspecified atom stereocenters. The highest BCUT2D eigenvalue weighted by molar-refractivity contribution is 5.66. The van der Waals surface area contributed by atoms with Gasteiger partial charge in [-0.25, -0.2) is 0 Å². The van der Waals surface area contributed by atoms with Crippen molar-refractivity contribution in [2.75, 3.05) is 17.7 Å². The minimum absolute atomic E-state index is 0.351. The number of ether oxygens (including phenoxy) is 1. The Balaban J connectivity index is 1.98. The first-order valence-corrected chi connectivity index (χ1v) is 6.73. The summed E-state index contributed by atoms with van der Waals surface area (Å²) in [6.07, 6.45) is 2.51. The fraction of sp³-hybridized carbons (Fsp3) is 0.769. The third-order valence-electron chi connectivity index (χ3n) is 3.50. The Bertz CT molecular complexity index is 407. The molecule has 5 nitrogen and oxygen atoms in total. The van der Waals surface area contributed by atoms with Gasteiger partial charge in [0.25, 0.3) is 0 Å². The lowest BCUT2D eigenvalue weighted by molar-refractivity contribution is 0.00287. The van der Waals surface area contributed by atoms with Crippen molar-refractivity contribution in [1.29, 1.82) is 0 Å². The number of anilines is 2. The summed E-state index contributed by atoms with van der Waals surface area (Å²) in [4.78, 5) is 0. The summed E-state index contributed by atoms with van der Waals surface area (Å²) in [5.41, 5.74) is 7.91. The van der Waals surface area contributed by atoms with Crippen molar-refractivity contribution in [3.8, 4) is 0 Å². The van der Waals surface area contributed by atoms with Gasteiger partial charge in [0.15, 0.2) is 0 Å². The van der Waals surface area contributed by atoms with Gasteiger partial charge in [-0.05, 0) is 25.7 Å². The standard InChI is InChI=1S/C13H24N4O/c1-5-18-10-6-9(7-10)15-13-11(14)12(8(2)3)16-17(13)4/h8-10,15H,5-7,14H2,1-4H3. The number of aryl methyl sites for hydroxylation is 1. The summed E-state index contributed by atoms with van der Waals surface area (Å²) < 4.78 is 7.40. The number of nitrogens with zero attached hydrogens (tertiary/aromatic N) is 2. The molecule has 3 N–H and O–H groups in total. The van der Waals surface area contributed by atoms with Gasteiger partial charge in [-0.2, -0.15) is 5.10 Å². The first kappa shape index (κ1) is 13.2. The van der Waals surface area contributed by atoms with Crippen molar-refractivity contribution in [3.05, 3.63) is 5.69 Å². The minimum atomic E-state index is 0.351. The molecule has 1 aliphatic rings. The van der Waals surface area contributed by atoms with Crippen molar-refractivity contribution in [3.63, 3.8) is 0 Å². The van der Waals surface area contributed by atoms with Crippen LogP contribution in [-0.4, -0.2) is 28.5 Å². The zero-order valence-corrected chi connectivity index (χ0v) is 11.7. The van der Waals surface area contributed by atoms with Gasteiger partial charge in [-0.3, -0.25) is 4.68 Å². The molecule has 0 aliphatic heterocycles. The van der Waals surface area contributed by atoms with Gasteiger partial charge in [-0.15, -0.1) is 0 Å². The molecule has 2 rings (SSSR count). The first-order valence-electron chi connectivity index (χ1n) is 6.73. The highest BCUT2D eigenvalue weighted by Gasteiger charge is 2.31. The van der Waals surface area contributed by atoms with E-state index in [-0.39, 0.29) is 0 Å². The van der Waals surface area contributed by atoms with Crippen LogP contribution in [0.5, 0.6) is 0 Å². The molecule has 0 saturated heterocycles. The topological polar surface area (TPSA) is 65.1 Å². The van der Waals surface area contributed by atoms with Crippen LogP contribution < -0.4 is 11.1 Å². The van der Waals surface area contributed by atoms with E-state index in [4.69, 9.17) is 10.5 Å². The van der Waals surface area contributed by atoms with Crippen LogP contribution in [0.1, 0.15) is 45.2 Å². The highest BCUT2D eigenvalue weighted by Crippen LogP contribution is 2.32. The Morgan fingerprint density at radius 2 is 2.17 bits per heavy atom. The monoisotopic (exact) mass is 252 g/mol. The Kier molecular flexibility index (Phi) is 3.80. The van der Waals surface area contributed by atoms with E-state index in [1.165, 1.54) is 0 Å². The van der Waals surface area contributed by atoms with E-state index in [9.17, 15) is 0 Å². The number of nitrogens with one attached hydrogen (secondary N) is 1. The van der Waals surface area contributed by atoms with Crippen LogP contribution in [0.3, 0.4) is 0 Å². The Labute approximate surface area is 109 Å². The molecule has 1 aliphatic carbocycles. The lowest BCUT2D eigenvalue weighted by Crippen LogP contribution is -2.41. The molecule has 0 aromatic carbocycles. The van der Waals surface area contributed by atoms with Crippen LogP contribution in [0.25, 0.3) is 0 Å². The van der Waals surface area contributed by atoms with E-state index in [1.54, 1.807) is 0 Å². The second-order valence-corrected chi connectivity index (χ2v) is 5.32. The van der Waals surface area contributed by atoms with Gasteiger partial charge in [0.05, 0.1) is 17.5 Å². The lowest BCUT2D eigenvalue weighted by atomic mass is 9.89.